The van der Waals surface area contributed by atoms with Crippen LogP contribution in [-0.4, -0.2) is 64.8 Å². The van der Waals surface area contributed by atoms with E-state index in [0.717, 1.165) is 0 Å². The third-order valence-electron chi connectivity index (χ3n) is 2.02. The Hall–Kier alpha value is -0.240. The summed E-state index contributed by atoms with van der Waals surface area (Å²) in [5, 5.41) is 36.7. The molecule has 0 aromatic rings. The first-order valence-electron chi connectivity index (χ1n) is 3.94. The van der Waals surface area contributed by atoms with Gasteiger partial charge in [-0.05, 0) is 0 Å². The molecule has 1 aliphatic heterocycles. The average molecular weight is 194 g/mol. The molecule has 0 bridgehead atoms. The monoisotopic (exact) mass is 194 g/mol. The van der Waals surface area contributed by atoms with Crippen LogP contribution in [0.15, 0.2) is 0 Å². The Balaban J connectivity index is 2.59. The van der Waals surface area contributed by atoms with Crippen LogP contribution in [0.5, 0.6) is 0 Å². The first-order valence-corrected chi connectivity index (χ1v) is 3.94. The van der Waals surface area contributed by atoms with Crippen LogP contribution in [0.3, 0.4) is 0 Å². The summed E-state index contributed by atoms with van der Waals surface area (Å²) in [6.07, 6.45) is -6.46. The fourth-order valence-electron chi connectivity index (χ4n) is 1.23. The molecule has 0 aromatic carbocycles. The van der Waals surface area contributed by atoms with Gasteiger partial charge in [-0.1, -0.05) is 0 Å². The van der Waals surface area contributed by atoms with Gasteiger partial charge in [0.05, 0.1) is 6.61 Å². The van der Waals surface area contributed by atoms with Gasteiger partial charge < -0.3 is 29.9 Å². The van der Waals surface area contributed by atoms with Gasteiger partial charge in [-0.25, -0.2) is 0 Å². The predicted molar refractivity (Wildman–Crippen MR) is 40.8 cm³/mol. The van der Waals surface area contributed by atoms with Crippen molar-refractivity contribution in [1.82, 2.24) is 0 Å². The van der Waals surface area contributed by atoms with E-state index < -0.39 is 30.7 Å². The maximum absolute atomic E-state index is 9.33. The molecule has 4 unspecified atom stereocenters. The van der Waals surface area contributed by atoms with E-state index in [2.05, 4.69) is 0 Å². The summed E-state index contributed by atoms with van der Waals surface area (Å²) in [4.78, 5) is 0. The van der Waals surface area contributed by atoms with E-state index in [1.54, 1.807) is 0 Å². The van der Waals surface area contributed by atoms with Crippen molar-refractivity contribution in [2.45, 2.75) is 30.7 Å². The van der Waals surface area contributed by atoms with Crippen molar-refractivity contribution in [2.24, 2.45) is 0 Å². The molecule has 1 heterocycles. The number of aliphatic hydroxyl groups excluding tert-OH is 4. The topological polar surface area (TPSA) is 99.4 Å². The van der Waals surface area contributed by atoms with Crippen molar-refractivity contribution in [3.8, 4) is 0 Å². The number of ether oxygens (including phenoxy) is 2. The highest BCUT2D eigenvalue weighted by Gasteiger charge is 2.42. The average Bonchev–Trinajstić information content (AvgIpc) is 2.11. The normalized spacial score (nSPS) is 46.4. The zero-order chi connectivity index (χ0) is 10.0. The number of methoxy groups -OCH3 is 1. The molecule has 1 aliphatic rings. The molecular weight excluding hydrogens is 180 g/mol. The van der Waals surface area contributed by atoms with Crippen LogP contribution in [-0.2, 0) is 9.47 Å². The molecule has 4 N–H and O–H groups in total. The Labute approximate surface area is 75.3 Å². The second-order valence-electron chi connectivity index (χ2n) is 2.99. The van der Waals surface area contributed by atoms with Gasteiger partial charge in [0.1, 0.15) is 24.4 Å². The Morgan fingerprint density at radius 1 is 1.08 bits per heavy atom. The molecule has 6 nitrogen and oxygen atoms in total. The second kappa shape index (κ2) is 4.32. The summed E-state index contributed by atoms with van der Waals surface area (Å²) in [5.41, 5.74) is 0. The van der Waals surface area contributed by atoms with E-state index in [9.17, 15) is 10.2 Å². The van der Waals surface area contributed by atoms with E-state index in [0.29, 0.717) is 0 Å². The van der Waals surface area contributed by atoms with Gasteiger partial charge in [-0.15, -0.1) is 0 Å². The first kappa shape index (κ1) is 10.8. The Morgan fingerprint density at radius 3 is 2.23 bits per heavy atom. The summed E-state index contributed by atoms with van der Waals surface area (Å²) in [5.74, 6) is 0. The van der Waals surface area contributed by atoms with E-state index in [1.165, 1.54) is 7.11 Å². The standard InChI is InChI=1S/C7H14O6/c1-12-2-3-4(8)5(9)6(10)7(11)13-3/h3-11H,2H2,1H3/t3?,4-,5?,6?,7?/m1/s1. The van der Waals surface area contributed by atoms with Gasteiger partial charge in [0.15, 0.2) is 6.29 Å². The molecular formula is C7H14O6. The Kier molecular flexibility index (Phi) is 3.60. The molecule has 78 valence electrons. The molecule has 1 rings (SSSR count). The highest BCUT2D eigenvalue weighted by Crippen LogP contribution is 2.19. The molecule has 13 heavy (non-hydrogen) atoms. The van der Waals surface area contributed by atoms with Crippen LogP contribution >= 0.6 is 0 Å². The van der Waals surface area contributed by atoms with Crippen molar-refractivity contribution >= 4 is 0 Å². The molecule has 0 saturated carbocycles. The minimum Gasteiger partial charge on any atom is -0.387 e. The van der Waals surface area contributed by atoms with Gasteiger partial charge in [-0.2, -0.15) is 0 Å². The summed E-state index contributed by atoms with van der Waals surface area (Å²) in [7, 11) is 1.40. The van der Waals surface area contributed by atoms with Crippen LogP contribution in [0.2, 0.25) is 0 Å². The van der Waals surface area contributed by atoms with Crippen molar-refractivity contribution in [3.05, 3.63) is 0 Å². The minimum absolute atomic E-state index is 0.0437. The molecule has 1 saturated heterocycles. The molecule has 0 amide bonds. The zero-order valence-corrected chi connectivity index (χ0v) is 7.20. The fraction of sp³-hybridized carbons (Fsp3) is 1.00. The third kappa shape index (κ3) is 2.16. The molecule has 5 atom stereocenters. The van der Waals surface area contributed by atoms with Gasteiger partial charge in [0, 0.05) is 7.11 Å². The second-order valence-corrected chi connectivity index (χ2v) is 2.99. The van der Waals surface area contributed by atoms with Crippen LogP contribution in [0.1, 0.15) is 0 Å². The maximum Gasteiger partial charge on any atom is 0.184 e. The van der Waals surface area contributed by atoms with Gasteiger partial charge >= 0.3 is 0 Å². The van der Waals surface area contributed by atoms with Gasteiger partial charge in [0.2, 0.25) is 0 Å². The largest absolute Gasteiger partial charge is 0.387 e. The van der Waals surface area contributed by atoms with Crippen molar-refractivity contribution in [2.75, 3.05) is 13.7 Å². The van der Waals surface area contributed by atoms with Crippen molar-refractivity contribution in [3.63, 3.8) is 0 Å². The molecule has 0 aromatic heterocycles. The molecule has 0 aliphatic carbocycles. The van der Waals surface area contributed by atoms with Crippen LogP contribution in [0, 0.1) is 0 Å². The summed E-state index contributed by atoms with van der Waals surface area (Å²) < 4.78 is 9.49. The van der Waals surface area contributed by atoms with Crippen LogP contribution in [0.25, 0.3) is 0 Å². The van der Waals surface area contributed by atoms with Crippen LogP contribution < -0.4 is 0 Å². The number of hydrogen-bond acceptors (Lipinski definition) is 6. The lowest BCUT2D eigenvalue weighted by molar-refractivity contribution is -0.287. The fourth-order valence-corrected chi connectivity index (χ4v) is 1.23. The minimum atomic E-state index is -1.49. The molecule has 6 heteroatoms. The van der Waals surface area contributed by atoms with E-state index >= 15 is 0 Å². The Morgan fingerprint density at radius 2 is 1.69 bits per heavy atom. The lowest BCUT2D eigenvalue weighted by Gasteiger charge is -2.37. The van der Waals surface area contributed by atoms with E-state index in [4.69, 9.17) is 19.7 Å². The van der Waals surface area contributed by atoms with E-state index in [-0.39, 0.29) is 6.61 Å². The number of rotatable bonds is 2. The highest BCUT2D eigenvalue weighted by atomic mass is 16.6. The summed E-state index contributed by atoms with van der Waals surface area (Å²) in [6.45, 7) is 0.0437. The van der Waals surface area contributed by atoms with Crippen molar-refractivity contribution < 1.29 is 29.9 Å². The first-order chi connectivity index (χ1) is 6.07. The summed E-state index contributed by atoms with van der Waals surface area (Å²) >= 11 is 0. The number of aliphatic hydroxyl groups is 4. The maximum atomic E-state index is 9.33. The van der Waals surface area contributed by atoms with E-state index in [1.807, 2.05) is 0 Å². The summed E-state index contributed by atoms with van der Waals surface area (Å²) in [6, 6.07) is 0. The SMILES string of the molecule is COCC1OC(O)C(O)C(O)[C@@H]1O. The number of hydrogen-bond donors (Lipinski definition) is 4. The Bertz CT molecular complexity index is 163. The molecule has 0 spiro atoms. The highest BCUT2D eigenvalue weighted by molar-refractivity contribution is 4.88. The van der Waals surface area contributed by atoms with Gasteiger partial charge in [-0.3, -0.25) is 0 Å². The zero-order valence-electron chi connectivity index (χ0n) is 7.20. The quantitative estimate of drug-likeness (QED) is 0.386. The predicted octanol–water partition coefficient (Wildman–Crippen LogP) is -2.57. The van der Waals surface area contributed by atoms with Gasteiger partial charge in [0.25, 0.3) is 0 Å². The lowest BCUT2D eigenvalue weighted by Crippen LogP contribution is -2.58. The molecule has 0 radical (unpaired) electrons. The smallest absolute Gasteiger partial charge is 0.184 e. The molecule has 1 fully saturated rings. The van der Waals surface area contributed by atoms with Crippen molar-refractivity contribution in [1.29, 1.82) is 0 Å². The lowest BCUT2D eigenvalue weighted by atomic mass is 9.99. The third-order valence-corrected chi connectivity index (χ3v) is 2.02. The van der Waals surface area contributed by atoms with Crippen LogP contribution in [0.4, 0.5) is 0 Å².